The number of likely N-dealkylation sites (N-methyl/N-ethyl adjacent to an activating group) is 1. The second-order valence-electron chi connectivity index (χ2n) is 8.09. The fourth-order valence-corrected chi connectivity index (χ4v) is 2.73. The number of rotatable bonds is 8. The van der Waals surface area contributed by atoms with Gasteiger partial charge in [-0.15, -0.1) is 0 Å². The minimum absolute atomic E-state index is 0.107. The van der Waals surface area contributed by atoms with Gasteiger partial charge in [-0.05, 0) is 57.9 Å². The highest BCUT2D eigenvalue weighted by molar-refractivity contribution is 5.92. The van der Waals surface area contributed by atoms with Gasteiger partial charge >= 0.3 is 5.97 Å². The number of benzene rings is 1. The van der Waals surface area contributed by atoms with Gasteiger partial charge in [-0.1, -0.05) is 0 Å². The summed E-state index contributed by atoms with van der Waals surface area (Å²) in [4.78, 5) is 37.3. The topological polar surface area (TPSA) is 94.2 Å². The van der Waals surface area contributed by atoms with Gasteiger partial charge in [-0.2, -0.15) is 0 Å². The lowest BCUT2D eigenvalue weighted by molar-refractivity contribution is -0.137. The molecule has 0 aliphatic carbocycles. The maximum absolute atomic E-state index is 12.1. The Labute approximate surface area is 171 Å². The second kappa shape index (κ2) is 10.2. The summed E-state index contributed by atoms with van der Waals surface area (Å²) in [6, 6.07) is 6.52. The number of carbonyl (C=O) groups excluding carboxylic acids is 3. The van der Waals surface area contributed by atoms with Gasteiger partial charge in [-0.25, -0.2) is 4.79 Å². The average Bonchev–Trinajstić information content (AvgIpc) is 3.16. The normalized spacial score (nSPS) is 16.2. The summed E-state index contributed by atoms with van der Waals surface area (Å²) in [7, 11) is 1.48. The van der Waals surface area contributed by atoms with Crippen LogP contribution in [0, 0.1) is 0 Å². The molecular weight excluding hydrogens is 376 g/mol. The summed E-state index contributed by atoms with van der Waals surface area (Å²) in [6.07, 6.45) is 2.16. The van der Waals surface area contributed by atoms with Crippen LogP contribution in [0.3, 0.4) is 0 Å². The van der Waals surface area contributed by atoms with Crippen molar-refractivity contribution >= 4 is 17.8 Å². The van der Waals surface area contributed by atoms with Crippen LogP contribution in [0.4, 0.5) is 0 Å². The summed E-state index contributed by atoms with van der Waals surface area (Å²) in [5.74, 6) is -0.716. The maximum atomic E-state index is 12.1. The van der Waals surface area contributed by atoms with Crippen LogP contribution in [0.2, 0.25) is 0 Å². The molecular formula is C21H30N2O6. The zero-order valence-electron chi connectivity index (χ0n) is 17.5. The van der Waals surface area contributed by atoms with Crippen LogP contribution < -0.4 is 10.1 Å². The Hall–Kier alpha value is -2.61. The molecule has 8 nitrogen and oxygen atoms in total. The van der Waals surface area contributed by atoms with Gasteiger partial charge in [-0.3, -0.25) is 9.59 Å². The summed E-state index contributed by atoms with van der Waals surface area (Å²) in [5.41, 5.74) is -0.0663. The summed E-state index contributed by atoms with van der Waals surface area (Å²) >= 11 is 0. The smallest absolute Gasteiger partial charge is 0.338 e. The lowest BCUT2D eigenvalue weighted by Gasteiger charge is -2.23. The molecule has 0 bridgehead atoms. The molecule has 1 heterocycles. The van der Waals surface area contributed by atoms with Gasteiger partial charge in [0.2, 0.25) is 5.91 Å². The Morgan fingerprint density at radius 1 is 1.21 bits per heavy atom. The van der Waals surface area contributed by atoms with Crippen molar-refractivity contribution in [3.8, 4) is 5.75 Å². The molecule has 1 aliphatic rings. The molecule has 0 spiro atoms. The van der Waals surface area contributed by atoms with Crippen LogP contribution in [0.1, 0.15) is 44.0 Å². The lowest BCUT2D eigenvalue weighted by atomic mass is 10.1. The van der Waals surface area contributed by atoms with E-state index in [0.29, 0.717) is 17.9 Å². The SMILES string of the molecule is CN(CC(=O)NC(C)(C)C)C(=O)COC(=O)c1ccc(OCC2CCCO2)cc1. The lowest BCUT2D eigenvalue weighted by Crippen LogP contribution is -2.46. The molecule has 29 heavy (non-hydrogen) atoms. The van der Waals surface area contributed by atoms with Crippen molar-refractivity contribution in [1.29, 1.82) is 0 Å². The van der Waals surface area contributed by atoms with Crippen molar-refractivity contribution in [2.45, 2.75) is 45.3 Å². The van der Waals surface area contributed by atoms with Crippen molar-refractivity contribution < 1.29 is 28.6 Å². The number of carbonyl (C=O) groups is 3. The first-order valence-corrected chi connectivity index (χ1v) is 9.70. The Morgan fingerprint density at radius 3 is 2.48 bits per heavy atom. The predicted molar refractivity (Wildman–Crippen MR) is 107 cm³/mol. The molecule has 1 saturated heterocycles. The van der Waals surface area contributed by atoms with E-state index in [-0.39, 0.29) is 24.1 Å². The third kappa shape index (κ3) is 8.11. The van der Waals surface area contributed by atoms with Crippen LogP contribution >= 0.6 is 0 Å². The molecule has 0 aromatic heterocycles. The molecule has 1 aliphatic heterocycles. The quantitative estimate of drug-likeness (QED) is 0.662. The average molecular weight is 406 g/mol. The standard InChI is InChI=1S/C21H30N2O6/c1-21(2,3)22-18(24)12-23(4)19(25)14-29-20(26)15-7-9-16(10-8-15)28-13-17-6-5-11-27-17/h7-10,17H,5-6,11-14H2,1-4H3,(H,22,24). The Balaban J connectivity index is 1.74. The fourth-order valence-electron chi connectivity index (χ4n) is 2.73. The third-order valence-corrected chi connectivity index (χ3v) is 4.20. The number of nitrogens with zero attached hydrogens (tertiary/aromatic N) is 1. The van der Waals surface area contributed by atoms with E-state index >= 15 is 0 Å². The minimum Gasteiger partial charge on any atom is -0.491 e. The molecule has 1 aromatic carbocycles. The van der Waals surface area contributed by atoms with E-state index in [0.717, 1.165) is 19.4 Å². The molecule has 1 aromatic rings. The van der Waals surface area contributed by atoms with Gasteiger partial charge in [0, 0.05) is 19.2 Å². The molecule has 1 atom stereocenters. The first-order valence-electron chi connectivity index (χ1n) is 9.70. The molecule has 2 amide bonds. The maximum Gasteiger partial charge on any atom is 0.338 e. The highest BCUT2D eigenvalue weighted by Crippen LogP contribution is 2.17. The molecule has 8 heteroatoms. The van der Waals surface area contributed by atoms with Gasteiger partial charge in [0.05, 0.1) is 18.2 Å². The van der Waals surface area contributed by atoms with Crippen molar-refractivity contribution in [3.63, 3.8) is 0 Å². The summed E-state index contributed by atoms with van der Waals surface area (Å²) in [6.45, 7) is 6.27. The van der Waals surface area contributed by atoms with E-state index in [1.807, 2.05) is 20.8 Å². The second-order valence-corrected chi connectivity index (χ2v) is 8.09. The summed E-state index contributed by atoms with van der Waals surface area (Å²) < 4.78 is 16.2. The number of hydrogen-bond acceptors (Lipinski definition) is 6. The van der Waals surface area contributed by atoms with Crippen molar-refractivity contribution in [1.82, 2.24) is 10.2 Å². The van der Waals surface area contributed by atoms with E-state index in [9.17, 15) is 14.4 Å². The largest absolute Gasteiger partial charge is 0.491 e. The van der Waals surface area contributed by atoms with Gasteiger partial charge in [0.1, 0.15) is 12.4 Å². The van der Waals surface area contributed by atoms with Crippen LogP contribution in [-0.2, 0) is 19.1 Å². The number of amides is 2. The minimum atomic E-state index is -0.614. The third-order valence-electron chi connectivity index (χ3n) is 4.20. The van der Waals surface area contributed by atoms with E-state index in [1.165, 1.54) is 11.9 Å². The number of hydrogen-bond donors (Lipinski definition) is 1. The van der Waals surface area contributed by atoms with Crippen molar-refractivity contribution in [2.75, 3.05) is 33.4 Å². The fraction of sp³-hybridized carbons (Fsp3) is 0.571. The molecule has 0 radical (unpaired) electrons. The zero-order chi connectivity index (χ0) is 21.4. The first-order chi connectivity index (χ1) is 13.6. The van der Waals surface area contributed by atoms with Crippen molar-refractivity contribution in [2.24, 2.45) is 0 Å². The number of ether oxygens (including phenoxy) is 3. The van der Waals surface area contributed by atoms with E-state index in [2.05, 4.69) is 5.32 Å². The Bertz CT molecular complexity index is 705. The zero-order valence-corrected chi connectivity index (χ0v) is 17.5. The number of esters is 1. The van der Waals surface area contributed by atoms with Gasteiger partial charge in [0.15, 0.2) is 6.61 Å². The predicted octanol–water partition coefficient (Wildman–Crippen LogP) is 1.77. The number of nitrogens with one attached hydrogen (secondary N) is 1. The highest BCUT2D eigenvalue weighted by atomic mass is 16.5. The van der Waals surface area contributed by atoms with Crippen molar-refractivity contribution in [3.05, 3.63) is 29.8 Å². The monoisotopic (exact) mass is 406 g/mol. The Kier molecular flexibility index (Phi) is 8.01. The van der Waals surface area contributed by atoms with E-state index in [4.69, 9.17) is 14.2 Å². The molecule has 160 valence electrons. The van der Waals surface area contributed by atoms with Crippen LogP contribution in [0.15, 0.2) is 24.3 Å². The van der Waals surface area contributed by atoms with Crippen LogP contribution in [-0.4, -0.2) is 67.7 Å². The van der Waals surface area contributed by atoms with E-state index in [1.54, 1.807) is 24.3 Å². The molecule has 0 saturated carbocycles. The van der Waals surface area contributed by atoms with Crippen LogP contribution in [0.25, 0.3) is 0 Å². The summed E-state index contributed by atoms with van der Waals surface area (Å²) in [5, 5.41) is 2.77. The molecule has 2 rings (SSSR count). The Morgan fingerprint density at radius 2 is 1.90 bits per heavy atom. The van der Waals surface area contributed by atoms with Gasteiger partial charge < -0.3 is 24.4 Å². The highest BCUT2D eigenvalue weighted by Gasteiger charge is 2.19. The van der Waals surface area contributed by atoms with E-state index < -0.39 is 18.5 Å². The molecule has 1 unspecified atom stereocenters. The molecule has 1 N–H and O–H groups in total. The van der Waals surface area contributed by atoms with Gasteiger partial charge in [0.25, 0.3) is 5.91 Å². The molecule has 1 fully saturated rings. The van der Waals surface area contributed by atoms with Crippen LogP contribution in [0.5, 0.6) is 5.75 Å². The first kappa shape index (κ1) is 22.7.